The van der Waals surface area contributed by atoms with E-state index in [4.69, 9.17) is 28.4 Å². The van der Waals surface area contributed by atoms with Crippen LogP contribution in [0.3, 0.4) is 0 Å². The molecule has 0 aromatic heterocycles. The van der Waals surface area contributed by atoms with E-state index in [9.17, 15) is 38.4 Å². The molecule has 1 fully saturated rings. The van der Waals surface area contributed by atoms with Crippen molar-refractivity contribution in [2.45, 2.75) is 106 Å². The lowest BCUT2D eigenvalue weighted by atomic mass is 10.1. The maximum atomic E-state index is 12.8. The molecule has 2 amide bonds. The Morgan fingerprint density at radius 2 is 0.621 bits per heavy atom. The highest BCUT2D eigenvalue weighted by molar-refractivity contribution is 5.97. The van der Waals surface area contributed by atoms with Gasteiger partial charge in [0.15, 0.2) is 0 Å². The zero-order chi connectivity index (χ0) is 43.6. The van der Waals surface area contributed by atoms with Crippen LogP contribution in [0.1, 0.15) is 93.9 Å². The minimum atomic E-state index is -1.18. The van der Waals surface area contributed by atoms with E-state index in [-0.39, 0.29) is 128 Å². The molecule has 2 unspecified atom stereocenters. The van der Waals surface area contributed by atoms with E-state index in [0.29, 0.717) is 0 Å². The second kappa shape index (κ2) is 29.0. The van der Waals surface area contributed by atoms with Crippen LogP contribution in [0.15, 0.2) is 0 Å². The van der Waals surface area contributed by atoms with Gasteiger partial charge in [-0.2, -0.15) is 0 Å². The zero-order valence-corrected chi connectivity index (χ0v) is 35.8. The van der Waals surface area contributed by atoms with Crippen molar-refractivity contribution in [1.82, 2.24) is 20.4 Å². The maximum Gasteiger partial charge on any atom is 0.307 e. The van der Waals surface area contributed by atoms with Gasteiger partial charge in [0.25, 0.3) is 0 Å². The van der Waals surface area contributed by atoms with Crippen LogP contribution in [0.2, 0.25) is 0 Å². The highest BCUT2D eigenvalue weighted by Gasteiger charge is 2.35. The molecule has 18 heteroatoms. The lowest BCUT2D eigenvalue weighted by molar-refractivity contribution is -0.152. The quantitative estimate of drug-likeness (QED) is 0.0778. The molecule has 0 aromatic rings. The van der Waals surface area contributed by atoms with Crippen LogP contribution >= 0.6 is 0 Å². The van der Waals surface area contributed by atoms with Crippen molar-refractivity contribution in [3.8, 4) is 0 Å². The van der Waals surface area contributed by atoms with Crippen LogP contribution in [-0.2, 0) is 66.8 Å². The number of amides is 2. The summed E-state index contributed by atoms with van der Waals surface area (Å²) in [6.07, 6.45) is -0.0207. The number of hydrogen-bond acceptors (Lipinski definition) is 16. The second-order valence-electron chi connectivity index (χ2n) is 16.0. The SMILES string of the molecule is CC(C)COC(=O)CCN(CCC(=O)OCC(C)C)CCC(=O)OCC1NC(=O)C(COC(=O)CCN(CCC(=O)OCC(C)C)CCC(=O)OCC(C)C)NC1=O. The number of ether oxygens (including phenoxy) is 6. The summed E-state index contributed by atoms with van der Waals surface area (Å²) in [7, 11) is 0. The highest BCUT2D eigenvalue weighted by atomic mass is 16.6. The van der Waals surface area contributed by atoms with Gasteiger partial charge in [-0.25, -0.2) is 0 Å². The topological polar surface area (TPSA) is 222 Å². The first kappa shape index (κ1) is 51.7. The van der Waals surface area contributed by atoms with Gasteiger partial charge in [-0.1, -0.05) is 55.4 Å². The Morgan fingerprint density at radius 1 is 0.414 bits per heavy atom. The van der Waals surface area contributed by atoms with Crippen molar-refractivity contribution in [2.75, 3.05) is 78.9 Å². The molecule has 1 aliphatic rings. The number of rotatable bonds is 30. The van der Waals surface area contributed by atoms with Crippen LogP contribution in [0.4, 0.5) is 0 Å². The molecule has 58 heavy (non-hydrogen) atoms. The van der Waals surface area contributed by atoms with Gasteiger partial charge in [-0.3, -0.25) is 38.4 Å². The van der Waals surface area contributed by atoms with Crippen molar-refractivity contribution in [2.24, 2.45) is 23.7 Å². The minimum Gasteiger partial charge on any atom is -0.465 e. The molecule has 1 heterocycles. The monoisotopic (exact) mass is 828 g/mol. The summed E-state index contributed by atoms with van der Waals surface area (Å²) in [5.74, 6) is -3.52. The van der Waals surface area contributed by atoms with Crippen LogP contribution in [0, 0.1) is 23.7 Å². The van der Waals surface area contributed by atoms with Gasteiger partial charge in [0.1, 0.15) is 25.3 Å². The van der Waals surface area contributed by atoms with Gasteiger partial charge in [-0.15, -0.1) is 0 Å². The van der Waals surface area contributed by atoms with Crippen LogP contribution < -0.4 is 10.6 Å². The number of nitrogens with zero attached hydrogens (tertiary/aromatic N) is 2. The summed E-state index contributed by atoms with van der Waals surface area (Å²) in [4.78, 5) is 103. The predicted octanol–water partition coefficient (Wildman–Crippen LogP) is 1.80. The van der Waals surface area contributed by atoms with Gasteiger partial charge < -0.3 is 48.9 Å². The minimum absolute atomic E-state index is 0.0549. The predicted molar refractivity (Wildman–Crippen MR) is 210 cm³/mol. The Morgan fingerprint density at radius 3 is 0.828 bits per heavy atom. The van der Waals surface area contributed by atoms with E-state index < -0.39 is 72.9 Å². The number of esters is 6. The molecule has 0 aromatic carbocycles. The highest BCUT2D eigenvalue weighted by Crippen LogP contribution is 2.07. The average molecular weight is 829 g/mol. The van der Waals surface area contributed by atoms with E-state index in [1.165, 1.54) is 0 Å². The fourth-order valence-corrected chi connectivity index (χ4v) is 4.90. The largest absolute Gasteiger partial charge is 0.465 e. The normalized spacial score (nSPS) is 15.4. The molecule has 1 rings (SSSR count). The third kappa shape index (κ3) is 25.8. The summed E-state index contributed by atoms with van der Waals surface area (Å²) in [5, 5.41) is 4.95. The van der Waals surface area contributed by atoms with Crippen molar-refractivity contribution < 1.29 is 66.8 Å². The zero-order valence-electron chi connectivity index (χ0n) is 35.8. The summed E-state index contributed by atoms with van der Waals surface area (Å²) in [6, 6.07) is -2.36. The standard InChI is InChI=1S/C40H68N4O14/c1-27(2)21-53-33(45)9-15-43(16-10-34(46)54-22-28(3)4)19-13-37(49)57-25-31-39(51)42-32(40(52)41-31)26-58-38(50)14-20-44(17-11-35(47)55-23-29(5)6)18-12-36(48)56-24-30(7)8/h27-32H,9-26H2,1-8H3,(H,41,52)(H,42,51). The molecule has 1 saturated heterocycles. The van der Waals surface area contributed by atoms with Crippen molar-refractivity contribution in [1.29, 1.82) is 0 Å². The third-order valence-corrected chi connectivity index (χ3v) is 8.19. The Hall–Kier alpha value is -4.32. The smallest absolute Gasteiger partial charge is 0.307 e. The first-order valence-electron chi connectivity index (χ1n) is 20.3. The van der Waals surface area contributed by atoms with Crippen LogP contribution in [0.25, 0.3) is 0 Å². The molecule has 332 valence electrons. The van der Waals surface area contributed by atoms with E-state index in [2.05, 4.69) is 10.6 Å². The maximum absolute atomic E-state index is 12.8. The van der Waals surface area contributed by atoms with Crippen molar-refractivity contribution in [3.63, 3.8) is 0 Å². The molecule has 2 N–H and O–H groups in total. The van der Waals surface area contributed by atoms with Gasteiger partial charge in [-0.05, 0) is 23.7 Å². The molecular formula is C40H68N4O14. The molecule has 2 atom stereocenters. The Bertz CT molecular complexity index is 1170. The van der Waals surface area contributed by atoms with Crippen molar-refractivity contribution in [3.05, 3.63) is 0 Å². The first-order chi connectivity index (χ1) is 27.3. The second-order valence-corrected chi connectivity index (χ2v) is 16.0. The summed E-state index contributed by atoms with van der Waals surface area (Å²) >= 11 is 0. The fraction of sp³-hybridized carbons (Fsp3) is 0.800. The van der Waals surface area contributed by atoms with E-state index >= 15 is 0 Å². The number of piperazine rings is 1. The van der Waals surface area contributed by atoms with Gasteiger partial charge in [0.05, 0.1) is 65.0 Å². The van der Waals surface area contributed by atoms with Gasteiger partial charge in [0.2, 0.25) is 11.8 Å². The van der Waals surface area contributed by atoms with Crippen molar-refractivity contribution >= 4 is 47.6 Å². The Labute approximate surface area is 343 Å². The Balaban J connectivity index is 2.60. The fourth-order valence-electron chi connectivity index (χ4n) is 4.90. The third-order valence-electron chi connectivity index (χ3n) is 8.19. The molecule has 0 saturated carbocycles. The number of carbonyl (C=O) groups is 8. The molecule has 18 nitrogen and oxygen atoms in total. The lowest BCUT2D eigenvalue weighted by Gasteiger charge is -2.29. The van der Waals surface area contributed by atoms with E-state index in [1.807, 2.05) is 55.4 Å². The lowest BCUT2D eigenvalue weighted by Crippen LogP contribution is -2.64. The average Bonchev–Trinajstić information content (AvgIpc) is 3.16. The molecule has 0 radical (unpaired) electrons. The van der Waals surface area contributed by atoms with Gasteiger partial charge in [0, 0.05) is 39.3 Å². The van der Waals surface area contributed by atoms with E-state index in [0.717, 1.165) is 0 Å². The van der Waals surface area contributed by atoms with E-state index in [1.54, 1.807) is 9.80 Å². The molecule has 0 aliphatic carbocycles. The summed E-state index contributed by atoms with van der Waals surface area (Å²) in [6.45, 7) is 16.8. The van der Waals surface area contributed by atoms with Crippen LogP contribution in [-0.4, -0.2) is 148 Å². The summed E-state index contributed by atoms with van der Waals surface area (Å²) < 4.78 is 31.4. The Kier molecular flexibility index (Phi) is 25.8. The molecule has 1 aliphatic heterocycles. The number of carbonyl (C=O) groups excluding carboxylic acids is 8. The van der Waals surface area contributed by atoms with Crippen LogP contribution in [0.5, 0.6) is 0 Å². The molecular weight excluding hydrogens is 760 g/mol. The molecule has 0 spiro atoms. The van der Waals surface area contributed by atoms with Gasteiger partial charge >= 0.3 is 35.8 Å². The number of nitrogens with one attached hydrogen (secondary N) is 2. The number of hydrogen-bond donors (Lipinski definition) is 2. The molecule has 0 bridgehead atoms. The first-order valence-corrected chi connectivity index (χ1v) is 20.3. The summed E-state index contributed by atoms with van der Waals surface area (Å²) in [5.41, 5.74) is 0.